The second-order valence-electron chi connectivity index (χ2n) is 13.0. The highest BCUT2D eigenvalue weighted by Gasteiger charge is 2.69. The van der Waals surface area contributed by atoms with Gasteiger partial charge in [-0.1, -0.05) is 80.2 Å². The molecule has 0 amide bonds. The lowest BCUT2D eigenvalue weighted by atomic mass is 9.42. The lowest BCUT2D eigenvalue weighted by molar-refractivity contribution is -0.185. The largest absolute Gasteiger partial charge is 0.386 e. The number of allylic oxidation sites excluding steroid dienone is 1. The van der Waals surface area contributed by atoms with Gasteiger partial charge in [-0.3, -0.25) is 0 Å². The van der Waals surface area contributed by atoms with E-state index in [2.05, 4.69) is 64.0 Å². The highest BCUT2D eigenvalue weighted by molar-refractivity contribution is 5.87. The zero-order valence-electron chi connectivity index (χ0n) is 26.4. The Morgan fingerprint density at radius 1 is 1.12 bits per heavy atom. The van der Waals surface area contributed by atoms with Gasteiger partial charge in [0.15, 0.2) is 0 Å². The average molecular weight is 548 g/mol. The predicted octanol–water partition coefficient (Wildman–Crippen LogP) is 8.07. The highest BCUT2D eigenvalue weighted by Crippen LogP contribution is 2.69. The molecule has 1 aromatic carbocycles. The van der Waals surface area contributed by atoms with E-state index in [9.17, 15) is 10.2 Å². The third-order valence-corrected chi connectivity index (χ3v) is 11.0. The fourth-order valence-electron chi connectivity index (χ4n) is 8.38. The van der Waals surface area contributed by atoms with Crippen LogP contribution in [-0.2, 0) is 22.0 Å². The summed E-state index contributed by atoms with van der Waals surface area (Å²) in [5.74, 6) is 0.479. The molecule has 1 aliphatic heterocycles. The fourth-order valence-corrected chi connectivity index (χ4v) is 8.38. The minimum atomic E-state index is -1.02. The first-order chi connectivity index (χ1) is 18.9. The summed E-state index contributed by atoms with van der Waals surface area (Å²) in [6.07, 6.45) is 7.00. The van der Waals surface area contributed by atoms with E-state index >= 15 is 0 Å². The molecule has 40 heavy (non-hydrogen) atoms. The van der Waals surface area contributed by atoms with Gasteiger partial charge in [0.2, 0.25) is 0 Å². The van der Waals surface area contributed by atoms with Crippen molar-refractivity contribution in [2.45, 2.75) is 129 Å². The summed E-state index contributed by atoms with van der Waals surface area (Å²) in [4.78, 5) is 3.87. The van der Waals surface area contributed by atoms with Gasteiger partial charge in [0.05, 0.1) is 11.7 Å². The highest BCUT2D eigenvalue weighted by atomic mass is 16.5. The summed E-state index contributed by atoms with van der Waals surface area (Å²) in [6.45, 7) is 27.0. The predicted molar refractivity (Wildman–Crippen MR) is 168 cm³/mol. The van der Waals surface area contributed by atoms with Crippen molar-refractivity contribution < 1.29 is 14.9 Å². The van der Waals surface area contributed by atoms with Crippen molar-refractivity contribution in [1.82, 2.24) is 4.98 Å². The van der Waals surface area contributed by atoms with Gasteiger partial charge in [0.25, 0.3) is 0 Å². The molecule has 6 rings (SSSR count). The molecule has 0 saturated heterocycles. The molecule has 2 aromatic rings. The van der Waals surface area contributed by atoms with Crippen molar-refractivity contribution in [2.75, 3.05) is 0 Å². The topological polar surface area (TPSA) is 65.5 Å². The fraction of sp³-hybridized carbons (Fsp3) is 0.611. The standard InChI is InChI=1S/C32H41NO3.2C2H6/c1-8-29(4,5)19-9-10-21-22-15-20-11-14-32(35)23-17-25(34)27(18(2)3)36-26(23)12-13-30(32,6)31(20,7)28(22)33-24(21)16-19;2*1-2/h8-10,16-17,20,25-27,33-35H,1-2,11-15H2,3-7H3;2*1-2H3/t20-,25?,26?,27?,30+,31+,32?;;/m0../s1. The number of hydrogen-bond donors (Lipinski definition) is 3. The lowest BCUT2D eigenvalue weighted by Crippen LogP contribution is -2.67. The maximum Gasteiger partial charge on any atom is 0.108 e. The monoisotopic (exact) mass is 547 g/mol. The molecule has 3 N–H and O–H groups in total. The molecule has 2 heterocycles. The molecule has 2 fully saturated rings. The number of aliphatic hydroxyl groups excluding tert-OH is 1. The Bertz CT molecular complexity index is 1320. The third-order valence-electron chi connectivity index (χ3n) is 11.0. The summed E-state index contributed by atoms with van der Waals surface area (Å²) in [6, 6.07) is 6.81. The zero-order valence-corrected chi connectivity index (χ0v) is 26.4. The van der Waals surface area contributed by atoms with Crippen LogP contribution < -0.4 is 0 Å². The molecule has 4 aliphatic rings. The van der Waals surface area contributed by atoms with Crippen LogP contribution in [0.5, 0.6) is 0 Å². The molecule has 1 aromatic heterocycles. The summed E-state index contributed by atoms with van der Waals surface area (Å²) < 4.78 is 6.35. The van der Waals surface area contributed by atoms with Crippen LogP contribution in [0.25, 0.3) is 10.9 Å². The molecule has 2 saturated carbocycles. The summed E-state index contributed by atoms with van der Waals surface area (Å²) >= 11 is 0. The van der Waals surface area contributed by atoms with Crippen LogP contribution >= 0.6 is 0 Å². The van der Waals surface area contributed by atoms with Crippen molar-refractivity contribution in [3.05, 3.63) is 71.5 Å². The number of nitrogens with one attached hydrogen (secondary N) is 1. The molecule has 0 bridgehead atoms. The molecular weight excluding hydrogens is 494 g/mol. The van der Waals surface area contributed by atoms with E-state index in [1.54, 1.807) is 0 Å². The second kappa shape index (κ2) is 10.6. The molecule has 0 radical (unpaired) electrons. The van der Waals surface area contributed by atoms with Crippen LogP contribution in [0.2, 0.25) is 0 Å². The second-order valence-corrected chi connectivity index (χ2v) is 13.0. The van der Waals surface area contributed by atoms with Gasteiger partial charge in [-0.25, -0.2) is 0 Å². The van der Waals surface area contributed by atoms with Crippen LogP contribution in [-0.4, -0.2) is 39.1 Å². The molecule has 220 valence electrons. The zero-order chi connectivity index (χ0) is 29.8. The quantitative estimate of drug-likeness (QED) is 0.340. The van der Waals surface area contributed by atoms with Crippen molar-refractivity contribution in [1.29, 1.82) is 0 Å². The van der Waals surface area contributed by atoms with Crippen molar-refractivity contribution >= 4 is 10.9 Å². The molecular formula is C36H53NO3. The number of benzene rings is 1. The number of aromatic nitrogens is 1. The van der Waals surface area contributed by atoms with Gasteiger partial charge in [-0.15, -0.1) is 6.58 Å². The Morgan fingerprint density at radius 3 is 2.42 bits per heavy atom. The number of rotatable bonds is 3. The van der Waals surface area contributed by atoms with Crippen LogP contribution in [0.3, 0.4) is 0 Å². The summed E-state index contributed by atoms with van der Waals surface area (Å²) in [5, 5.41) is 24.8. The van der Waals surface area contributed by atoms with Gasteiger partial charge in [0.1, 0.15) is 12.2 Å². The molecule has 4 heteroatoms. The lowest BCUT2D eigenvalue weighted by Gasteiger charge is -2.65. The van der Waals surface area contributed by atoms with Gasteiger partial charge >= 0.3 is 0 Å². The Hall–Kier alpha value is -2.14. The Labute approximate surface area is 242 Å². The first-order valence-electron chi connectivity index (χ1n) is 15.6. The van der Waals surface area contributed by atoms with Crippen LogP contribution in [0.4, 0.5) is 0 Å². The van der Waals surface area contributed by atoms with Gasteiger partial charge in [-0.2, -0.15) is 0 Å². The smallest absolute Gasteiger partial charge is 0.108 e. The average Bonchev–Trinajstić information content (AvgIpc) is 3.46. The van der Waals surface area contributed by atoms with Crippen molar-refractivity contribution in [3.8, 4) is 0 Å². The first-order valence-corrected chi connectivity index (χ1v) is 15.6. The number of ether oxygens (including phenoxy) is 1. The van der Waals surface area contributed by atoms with Crippen LogP contribution in [0, 0.1) is 11.3 Å². The van der Waals surface area contributed by atoms with Crippen molar-refractivity contribution in [2.24, 2.45) is 11.3 Å². The summed E-state index contributed by atoms with van der Waals surface area (Å²) in [7, 11) is 0. The van der Waals surface area contributed by atoms with Gasteiger partial charge < -0.3 is 19.9 Å². The number of fused-ring (bicyclic) bond motifs is 9. The number of aromatic amines is 1. The van der Waals surface area contributed by atoms with E-state index in [-0.39, 0.29) is 22.3 Å². The maximum absolute atomic E-state index is 12.6. The minimum absolute atomic E-state index is 0.0957. The van der Waals surface area contributed by atoms with E-state index in [0.717, 1.165) is 36.8 Å². The van der Waals surface area contributed by atoms with E-state index in [0.29, 0.717) is 12.3 Å². The van der Waals surface area contributed by atoms with E-state index < -0.39 is 17.8 Å². The Morgan fingerprint density at radius 2 is 1.80 bits per heavy atom. The molecule has 7 atom stereocenters. The molecule has 3 aliphatic carbocycles. The Kier molecular flexibility index (Phi) is 8.17. The van der Waals surface area contributed by atoms with Crippen LogP contribution in [0.1, 0.15) is 105 Å². The first kappa shape index (κ1) is 30.8. The van der Waals surface area contributed by atoms with E-state index in [4.69, 9.17) is 4.74 Å². The normalized spacial score (nSPS) is 35.9. The summed E-state index contributed by atoms with van der Waals surface area (Å²) in [5.41, 5.74) is 5.18. The van der Waals surface area contributed by atoms with Gasteiger partial charge in [-0.05, 0) is 79.4 Å². The number of H-pyrrole nitrogens is 1. The van der Waals surface area contributed by atoms with E-state index in [1.807, 2.05) is 46.8 Å². The maximum atomic E-state index is 12.6. The molecule has 0 spiro atoms. The van der Waals surface area contributed by atoms with E-state index in [1.165, 1.54) is 27.7 Å². The van der Waals surface area contributed by atoms with Crippen LogP contribution in [0.15, 0.2) is 54.7 Å². The molecule has 4 unspecified atom stereocenters. The SMILES string of the molecule is C=CC(C)(C)c1ccc2c3c([nH]c2c1)[C@@]1(C)[C@@H](CCC2(O)C4=CC(O)C(C(=C)C)OC4CC[C@@]21C)C3.CC.CC. The number of aliphatic hydroxyl groups is 2. The minimum Gasteiger partial charge on any atom is -0.386 e. The molecule has 4 nitrogen and oxygen atoms in total. The van der Waals surface area contributed by atoms with Gasteiger partial charge in [0, 0.05) is 32.8 Å². The Balaban J connectivity index is 0.000000886. The van der Waals surface area contributed by atoms with Crippen molar-refractivity contribution in [3.63, 3.8) is 0 Å². The number of hydrogen-bond acceptors (Lipinski definition) is 3. The third kappa shape index (κ3) is 4.04.